The zero-order valence-corrected chi connectivity index (χ0v) is 21.1. The standard InChI is InChI=1S/C23H25ClFN3O5S.ClH/c24-16-3-1-15(2-4-16)12-28-20-9-17(22(29)27-11-14-5-7-33-8-6-14)18(25)10-21(20)34(31,32)13-19(26)23(28)30;/h1-4,9-10,14,19H,5-8,11-13,26H2,(H,27,29);1H/t19-;/m0./s1. The number of nitrogens with zero attached hydrogens (tertiary/aromatic N) is 1. The van der Waals surface area contributed by atoms with Crippen LogP contribution in [-0.4, -0.2) is 51.8 Å². The van der Waals surface area contributed by atoms with Gasteiger partial charge >= 0.3 is 0 Å². The van der Waals surface area contributed by atoms with Gasteiger partial charge in [0.1, 0.15) is 5.82 Å². The van der Waals surface area contributed by atoms with Gasteiger partial charge in [-0.1, -0.05) is 23.7 Å². The van der Waals surface area contributed by atoms with E-state index >= 15 is 0 Å². The Hall–Kier alpha value is -2.24. The number of rotatable bonds is 5. The SMILES string of the molecule is Cl.N[C@H]1CS(=O)(=O)c2cc(F)c(C(=O)NCC3CCOCC3)cc2N(Cc2ccc(Cl)cc2)C1=O. The molecule has 2 heterocycles. The molecule has 0 aromatic heterocycles. The summed E-state index contributed by atoms with van der Waals surface area (Å²) in [6.45, 7) is 1.53. The fraction of sp³-hybridized carbons (Fsp3) is 0.391. The van der Waals surface area contributed by atoms with Crippen molar-refractivity contribution in [3.05, 3.63) is 58.4 Å². The second-order valence-corrected chi connectivity index (χ2v) is 10.9. The Balaban J connectivity index is 0.00000342. The van der Waals surface area contributed by atoms with Gasteiger partial charge in [-0.25, -0.2) is 12.8 Å². The third kappa shape index (κ3) is 6.13. The lowest BCUT2D eigenvalue weighted by molar-refractivity contribution is -0.119. The Morgan fingerprint density at radius 1 is 1.20 bits per heavy atom. The van der Waals surface area contributed by atoms with Crippen LogP contribution in [0.4, 0.5) is 10.1 Å². The van der Waals surface area contributed by atoms with Crippen molar-refractivity contribution in [2.24, 2.45) is 11.7 Å². The highest BCUT2D eigenvalue weighted by Crippen LogP contribution is 2.34. The first-order valence-corrected chi connectivity index (χ1v) is 12.9. The van der Waals surface area contributed by atoms with E-state index in [9.17, 15) is 22.4 Å². The Labute approximate surface area is 214 Å². The van der Waals surface area contributed by atoms with Crippen molar-refractivity contribution in [1.82, 2.24) is 5.32 Å². The number of carbonyl (C=O) groups excluding carboxylic acids is 2. The van der Waals surface area contributed by atoms with Gasteiger partial charge in [0, 0.05) is 24.8 Å². The van der Waals surface area contributed by atoms with Crippen LogP contribution in [0, 0.1) is 11.7 Å². The summed E-state index contributed by atoms with van der Waals surface area (Å²) in [5, 5.41) is 3.21. The van der Waals surface area contributed by atoms with Crippen LogP contribution in [0.3, 0.4) is 0 Å². The summed E-state index contributed by atoms with van der Waals surface area (Å²) in [6.07, 6.45) is 1.57. The van der Waals surface area contributed by atoms with Gasteiger partial charge in [-0.3, -0.25) is 9.59 Å². The van der Waals surface area contributed by atoms with Crippen LogP contribution in [-0.2, 0) is 25.9 Å². The first-order chi connectivity index (χ1) is 16.2. The zero-order valence-electron chi connectivity index (χ0n) is 18.7. The van der Waals surface area contributed by atoms with Crippen LogP contribution in [0.25, 0.3) is 0 Å². The van der Waals surface area contributed by atoms with Crippen molar-refractivity contribution in [2.75, 3.05) is 30.4 Å². The number of benzene rings is 2. The first-order valence-electron chi connectivity index (χ1n) is 10.9. The molecule has 2 amide bonds. The third-order valence-corrected chi connectivity index (χ3v) is 8.09. The summed E-state index contributed by atoms with van der Waals surface area (Å²) in [4.78, 5) is 26.7. The van der Waals surface area contributed by atoms with E-state index < -0.39 is 39.3 Å². The van der Waals surface area contributed by atoms with Gasteiger partial charge in [-0.05, 0) is 48.6 Å². The maximum atomic E-state index is 15.0. The number of carbonyl (C=O) groups is 2. The Morgan fingerprint density at radius 2 is 1.86 bits per heavy atom. The minimum atomic E-state index is -4.08. The molecule has 2 aliphatic rings. The fourth-order valence-corrected chi connectivity index (χ4v) is 5.80. The van der Waals surface area contributed by atoms with Gasteiger partial charge in [-0.2, -0.15) is 0 Å². The van der Waals surface area contributed by atoms with E-state index in [1.54, 1.807) is 24.3 Å². The predicted molar refractivity (Wildman–Crippen MR) is 132 cm³/mol. The lowest BCUT2D eigenvalue weighted by atomic mass is 10.0. The molecule has 4 rings (SSSR count). The molecule has 35 heavy (non-hydrogen) atoms. The lowest BCUT2D eigenvalue weighted by Gasteiger charge is -2.25. The highest BCUT2D eigenvalue weighted by molar-refractivity contribution is 7.91. The highest BCUT2D eigenvalue weighted by Gasteiger charge is 2.37. The fourth-order valence-electron chi connectivity index (χ4n) is 4.11. The average Bonchev–Trinajstić information content (AvgIpc) is 2.87. The van der Waals surface area contributed by atoms with Gasteiger partial charge in [0.15, 0.2) is 9.84 Å². The number of nitrogens with two attached hydrogens (primary N) is 1. The Morgan fingerprint density at radius 3 is 2.51 bits per heavy atom. The molecule has 2 aliphatic heterocycles. The molecule has 12 heteroatoms. The van der Waals surface area contributed by atoms with Crippen molar-refractivity contribution in [3.8, 4) is 0 Å². The number of amides is 2. The molecule has 0 radical (unpaired) electrons. The number of nitrogens with one attached hydrogen (secondary N) is 1. The summed E-state index contributed by atoms with van der Waals surface area (Å²) < 4.78 is 46.1. The van der Waals surface area contributed by atoms with Crippen LogP contribution < -0.4 is 16.0 Å². The number of ether oxygens (including phenoxy) is 1. The van der Waals surface area contributed by atoms with E-state index in [4.69, 9.17) is 22.1 Å². The van der Waals surface area contributed by atoms with Gasteiger partial charge in [0.05, 0.1) is 34.5 Å². The van der Waals surface area contributed by atoms with E-state index in [0.717, 1.165) is 25.0 Å². The molecule has 0 saturated carbocycles. The molecule has 2 aromatic rings. The Kier molecular flexibility index (Phi) is 8.76. The van der Waals surface area contributed by atoms with E-state index in [-0.39, 0.29) is 41.0 Å². The second-order valence-electron chi connectivity index (χ2n) is 8.50. The summed E-state index contributed by atoms with van der Waals surface area (Å²) in [5.41, 5.74) is 6.13. The average molecular weight is 546 g/mol. The van der Waals surface area contributed by atoms with Gasteiger partial charge in [0.25, 0.3) is 5.91 Å². The maximum Gasteiger partial charge on any atom is 0.254 e. The Bertz CT molecular complexity index is 1200. The molecule has 0 aliphatic carbocycles. The molecular weight excluding hydrogens is 520 g/mol. The molecule has 0 spiro atoms. The van der Waals surface area contributed by atoms with E-state index in [2.05, 4.69) is 5.32 Å². The maximum absolute atomic E-state index is 15.0. The number of halogens is 3. The monoisotopic (exact) mass is 545 g/mol. The quantitative estimate of drug-likeness (QED) is 0.596. The smallest absolute Gasteiger partial charge is 0.254 e. The van der Waals surface area contributed by atoms with Crippen LogP contribution in [0.15, 0.2) is 41.3 Å². The largest absolute Gasteiger partial charge is 0.381 e. The highest BCUT2D eigenvalue weighted by atomic mass is 35.5. The number of hydrogen-bond acceptors (Lipinski definition) is 6. The van der Waals surface area contributed by atoms with Crippen molar-refractivity contribution in [1.29, 1.82) is 0 Å². The summed E-state index contributed by atoms with van der Waals surface area (Å²) in [6, 6.07) is 7.23. The minimum Gasteiger partial charge on any atom is -0.381 e. The van der Waals surface area contributed by atoms with Crippen molar-refractivity contribution in [2.45, 2.75) is 30.3 Å². The summed E-state index contributed by atoms with van der Waals surface area (Å²) in [5.74, 6) is -2.76. The van der Waals surface area contributed by atoms with Crippen molar-refractivity contribution in [3.63, 3.8) is 0 Å². The zero-order chi connectivity index (χ0) is 24.5. The molecule has 1 fully saturated rings. The number of hydrogen-bond donors (Lipinski definition) is 2. The topological polar surface area (TPSA) is 119 Å². The van der Waals surface area contributed by atoms with E-state index in [0.29, 0.717) is 30.3 Å². The molecule has 0 unspecified atom stereocenters. The molecule has 1 saturated heterocycles. The van der Waals surface area contributed by atoms with Gasteiger partial charge < -0.3 is 20.7 Å². The predicted octanol–water partition coefficient (Wildman–Crippen LogP) is 2.71. The van der Waals surface area contributed by atoms with Crippen LogP contribution in [0.5, 0.6) is 0 Å². The number of anilines is 1. The van der Waals surface area contributed by atoms with Crippen molar-refractivity contribution >= 4 is 51.3 Å². The van der Waals surface area contributed by atoms with Gasteiger partial charge in [-0.15, -0.1) is 12.4 Å². The van der Waals surface area contributed by atoms with Crippen LogP contribution >= 0.6 is 24.0 Å². The molecule has 1 atom stereocenters. The van der Waals surface area contributed by atoms with Crippen LogP contribution in [0.2, 0.25) is 5.02 Å². The molecule has 3 N–H and O–H groups in total. The van der Waals surface area contributed by atoms with E-state index in [1.807, 2.05) is 0 Å². The van der Waals surface area contributed by atoms with Crippen molar-refractivity contribution < 1.29 is 27.1 Å². The van der Waals surface area contributed by atoms with Crippen LogP contribution in [0.1, 0.15) is 28.8 Å². The second kappa shape index (κ2) is 11.2. The molecule has 2 aromatic carbocycles. The number of sulfone groups is 1. The summed E-state index contributed by atoms with van der Waals surface area (Å²) >= 11 is 5.94. The van der Waals surface area contributed by atoms with Gasteiger partial charge in [0.2, 0.25) is 5.91 Å². The normalized spacial score (nSPS) is 19.9. The summed E-state index contributed by atoms with van der Waals surface area (Å²) in [7, 11) is -4.08. The third-order valence-electron chi connectivity index (χ3n) is 6.05. The molecule has 0 bridgehead atoms. The first kappa shape index (κ1) is 27.3. The lowest BCUT2D eigenvalue weighted by Crippen LogP contribution is -2.45. The minimum absolute atomic E-state index is 0. The molecule has 190 valence electrons. The number of fused-ring (bicyclic) bond motifs is 1. The molecular formula is C23H26Cl2FN3O5S. The molecule has 8 nitrogen and oxygen atoms in total. The van der Waals surface area contributed by atoms with E-state index in [1.165, 1.54) is 4.90 Å².